The molecular formula is C26H35N5O. The van der Waals surface area contributed by atoms with Gasteiger partial charge in [-0.15, -0.1) is 0 Å². The molecule has 0 atom stereocenters. The van der Waals surface area contributed by atoms with Crippen molar-refractivity contribution in [3.63, 3.8) is 0 Å². The van der Waals surface area contributed by atoms with Crippen molar-refractivity contribution < 1.29 is 4.74 Å². The Hall–Kier alpha value is -2.47. The number of hydrogen-bond donors (Lipinski definition) is 1. The molecule has 0 radical (unpaired) electrons. The van der Waals surface area contributed by atoms with Crippen LogP contribution in [0.1, 0.15) is 75.8 Å². The molecule has 32 heavy (non-hydrogen) atoms. The highest BCUT2D eigenvalue weighted by Gasteiger charge is 2.35. The van der Waals surface area contributed by atoms with Crippen molar-refractivity contribution >= 4 is 17.2 Å². The third kappa shape index (κ3) is 4.38. The SMILES string of the molecule is CC1(C)Oc2ncnc(N)c2N=C1c1ccc([C@H]2CC[C@H](CCN3CCCC3)CC2)cc1. The monoisotopic (exact) mass is 433 g/mol. The Morgan fingerprint density at radius 2 is 1.75 bits per heavy atom. The molecule has 0 amide bonds. The highest BCUT2D eigenvalue weighted by atomic mass is 16.5. The van der Waals surface area contributed by atoms with Gasteiger partial charge in [-0.3, -0.25) is 0 Å². The molecule has 170 valence electrons. The third-order valence-corrected chi connectivity index (χ3v) is 7.52. The number of aromatic nitrogens is 2. The highest BCUT2D eigenvalue weighted by molar-refractivity contribution is 6.09. The number of anilines is 1. The second kappa shape index (κ2) is 8.81. The van der Waals surface area contributed by atoms with Crippen LogP contribution in [-0.2, 0) is 0 Å². The van der Waals surface area contributed by atoms with Gasteiger partial charge in [0.05, 0.1) is 5.71 Å². The lowest BCUT2D eigenvalue weighted by Crippen LogP contribution is -2.41. The summed E-state index contributed by atoms with van der Waals surface area (Å²) in [6.45, 7) is 7.98. The first-order chi connectivity index (χ1) is 15.5. The molecule has 3 heterocycles. The number of ether oxygens (including phenoxy) is 1. The van der Waals surface area contributed by atoms with Crippen molar-refractivity contribution in [3.05, 3.63) is 41.7 Å². The van der Waals surface area contributed by atoms with Crippen LogP contribution in [0.2, 0.25) is 0 Å². The normalized spacial score (nSPS) is 25.1. The van der Waals surface area contributed by atoms with Gasteiger partial charge in [0.1, 0.15) is 11.9 Å². The van der Waals surface area contributed by atoms with Crippen molar-refractivity contribution in [3.8, 4) is 5.88 Å². The highest BCUT2D eigenvalue weighted by Crippen LogP contribution is 2.40. The Bertz CT molecular complexity index is 970. The zero-order valence-electron chi connectivity index (χ0n) is 19.4. The maximum Gasteiger partial charge on any atom is 0.246 e. The predicted octanol–water partition coefficient (Wildman–Crippen LogP) is 5.11. The number of hydrogen-bond acceptors (Lipinski definition) is 6. The van der Waals surface area contributed by atoms with Gasteiger partial charge < -0.3 is 15.4 Å². The molecule has 2 N–H and O–H groups in total. The fourth-order valence-corrected chi connectivity index (χ4v) is 5.57. The Labute approximate surface area is 191 Å². The number of aliphatic imine (C=N–C) groups is 1. The van der Waals surface area contributed by atoms with Gasteiger partial charge in [-0.05, 0) is 95.8 Å². The maximum atomic E-state index is 6.12. The van der Waals surface area contributed by atoms with Crippen LogP contribution in [0.15, 0.2) is 35.6 Å². The standard InChI is InChI=1S/C26H35N5O/c1-26(2)23(30-22-24(27)28-17-29-25(22)32-26)21-11-9-20(10-12-21)19-7-5-18(6-8-19)13-16-31-14-3-4-15-31/h9-12,17-19H,3-8,13-16H2,1-2H3,(H2,27,28,29)/t18-,19-. The van der Waals surface area contributed by atoms with Crippen molar-refractivity contribution in [2.75, 3.05) is 25.4 Å². The number of likely N-dealkylation sites (tertiary alicyclic amines) is 1. The summed E-state index contributed by atoms with van der Waals surface area (Å²) in [5.74, 6) is 2.38. The lowest BCUT2D eigenvalue weighted by Gasteiger charge is -2.32. The Morgan fingerprint density at radius 1 is 1.03 bits per heavy atom. The molecule has 0 unspecified atom stereocenters. The van der Waals surface area contributed by atoms with Crippen LogP contribution in [0.3, 0.4) is 0 Å². The minimum Gasteiger partial charge on any atom is -0.463 e. The Morgan fingerprint density at radius 3 is 2.47 bits per heavy atom. The summed E-state index contributed by atoms with van der Waals surface area (Å²) in [5.41, 5.74) is 9.34. The first-order valence-electron chi connectivity index (χ1n) is 12.2. The average Bonchev–Trinajstić information content (AvgIpc) is 3.31. The molecule has 6 heteroatoms. The van der Waals surface area contributed by atoms with Gasteiger partial charge in [-0.2, -0.15) is 4.98 Å². The van der Waals surface area contributed by atoms with E-state index in [0.717, 1.165) is 17.2 Å². The lowest BCUT2D eigenvalue weighted by molar-refractivity contribution is 0.171. The van der Waals surface area contributed by atoms with Gasteiger partial charge >= 0.3 is 0 Å². The van der Waals surface area contributed by atoms with E-state index in [1.165, 1.54) is 76.5 Å². The van der Waals surface area contributed by atoms with E-state index in [0.29, 0.717) is 23.3 Å². The molecule has 3 aliphatic rings. The molecule has 1 saturated heterocycles. The summed E-state index contributed by atoms with van der Waals surface area (Å²) in [6.07, 6.45) is 10.9. The van der Waals surface area contributed by atoms with Crippen LogP contribution < -0.4 is 10.5 Å². The summed E-state index contributed by atoms with van der Waals surface area (Å²) in [7, 11) is 0. The van der Waals surface area contributed by atoms with Crippen LogP contribution in [-0.4, -0.2) is 45.8 Å². The van der Waals surface area contributed by atoms with Crippen LogP contribution in [0.5, 0.6) is 5.88 Å². The van der Waals surface area contributed by atoms with Gasteiger partial charge in [-0.1, -0.05) is 24.3 Å². The number of nitrogens with zero attached hydrogens (tertiary/aromatic N) is 4. The second-order valence-corrected chi connectivity index (χ2v) is 10.2. The number of rotatable bonds is 5. The van der Waals surface area contributed by atoms with E-state index < -0.39 is 5.60 Å². The number of nitrogen functional groups attached to an aromatic ring is 1. The third-order valence-electron chi connectivity index (χ3n) is 7.52. The van der Waals surface area contributed by atoms with E-state index in [2.05, 4.69) is 39.1 Å². The van der Waals surface area contributed by atoms with Crippen LogP contribution in [0, 0.1) is 5.92 Å². The van der Waals surface area contributed by atoms with Crippen molar-refractivity contribution in [2.45, 2.75) is 70.3 Å². The quantitative estimate of drug-likeness (QED) is 0.709. The zero-order valence-corrected chi connectivity index (χ0v) is 19.4. The molecule has 2 aromatic rings. The maximum absolute atomic E-state index is 6.12. The summed E-state index contributed by atoms with van der Waals surface area (Å²) < 4.78 is 6.12. The molecule has 0 spiro atoms. The molecule has 1 aromatic carbocycles. The molecule has 0 bridgehead atoms. The summed E-state index contributed by atoms with van der Waals surface area (Å²) in [5, 5.41) is 0. The molecule has 5 rings (SSSR count). The number of nitrogens with two attached hydrogens (primary N) is 1. The summed E-state index contributed by atoms with van der Waals surface area (Å²) in [6, 6.07) is 8.93. The Balaban J connectivity index is 1.24. The van der Waals surface area contributed by atoms with Gasteiger partial charge in [0.25, 0.3) is 0 Å². The molecule has 6 nitrogen and oxygen atoms in total. The summed E-state index contributed by atoms with van der Waals surface area (Å²) >= 11 is 0. The smallest absolute Gasteiger partial charge is 0.246 e. The predicted molar refractivity (Wildman–Crippen MR) is 129 cm³/mol. The number of benzene rings is 1. The second-order valence-electron chi connectivity index (χ2n) is 10.2. The molecule has 1 aliphatic carbocycles. The summed E-state index contributed by atoms with van der Waals surface area (Å²) in [4.78, 5) is 15.7. The van der Waals surface area contributed by atoms with E-state index in [-0.39, 0.29) is 0 Å². The molecule has 1 aromatic heterocycles. The number of fused-ring (bicyclic) bond motifs is 1. The van der Waals surface area contributed by atoms with E-state index in [1.54, 1.807) is 0 Å². The fraction of sp³-hybridized carbons (Fsp3) is 0.577. The van der Waals surface area contributed by atoms with E-state index in [4.69, 9.17) is 15.5 Å². The molecule has 2 aliphatic heterocycles. The van der Waals surface area contributed by atoms with Crippen molar-refractivity contribution in [1.29, 1.82) is 0 Å². The van der Waals surface area contributed by atoms with Gasteiger partial charge in [0.2, 0.25) is 5.88 Å². The van der Waals surface area contributed by atoms with Crippen LogP contribution in [0.25, 0.3) is 0 Å². The topological polar surface area (TPSA) is 76.6 Å². The fourth-order valence-electron chi connectivity index (χ4n) is 5.57. The lowest BCUT2D eigenvalue weighted by atomic mass is 9.77. The van der Waals surface area contributed by atoms with Crippen molar-refractivity contribution in [2.24, 2.45) is 10.9 Å². The first-order valence-corrected chi connectivity index (χ1v) is 12.2. The minimum atomic E-state index is -0.581. The van der Waals surface area contributed by atoms with Gasteiger partial charge in [-0.25, -0.2) is 9.98 Å². The molecule has 2 fully saturated rings. The average molecular weight is 434 g/mol. The van der Waals surface area contributed by atoms with E-state index in [1.807, 2.05) is 13.8 Å². The van der Waals surface area contributed by atoms with Crippen LogP contribution >= 0.6 is 0 Å². The zero-order chi connectivity index (χ0) is 22.1. The van der Waals surface area contributed by atoms with Gasteiger partial charge in [0, 0.05) is 5.56 Å². The Kier molecular flexibility index (Phi) is 5.89. The molecular weight excluding hydrogens is 398 g/mol. The van der Waals surface area contributed by atoms with Crippen LogP contribution in [0.4, 0.5) is 11.5 Å². The van der Waals surface area contributed by atoms with E-state index >= 15 is 0 Å². The minimum absolute atomic E-state index is 0.348. The van der Waals surface area contributed by atoms with Crippen molar-refractivity contribution in [1.82, 2.24) is 14.9 Å². The van der Waals surface area contributed by atoms with Gasteiger partial charge in [0.15, 0.2) is 11.5 Å². The first kappa shape index (κ1) is 21.4. The molecule has 1 saturated carbocycles. The van der Waals surface area contributed by atoms with E-state index in [9.17, 15) is 0 Å². The largest absolute Gasteiger partial charge is 0.463 e.